The van der Waals surface area contributed by atoms with Gasteiger partial charge in [0.15, 0.2) is 0 Å². The van der Waals surface area contributed by atoms with Gasteiger partial charge in [-0.1, -0.05) is 31.2 Å². The summed E-state index contributed by atoms with van der Waals surface area (Å²) in [4.78, 5) is 8.34. The van der Waals surface area contributed by atoms with Crippen LogP contribution in [0.3, 0.4) is 0 Å². The topological polar surface area (TPSA) is 89.8 Å². The maximum absolute atomic E-state index is 6.33. The van der Waals surface area contributed by atoms with Gasteiger partial charge in [-0.05, 0) is 24.0 Å². The van der Waals surface area contributed by atoms with Crippen LogP contribution >= 0.6 is 0 Å². The molecule has 0 bridgehead atoms. The summed E-state index contributed by atoms with van der Waals surface area (Å²) in [5.74, 6) is 1.09. The number of nitrogens with zero attached hydrogens (tertiary/aromatic N) is 2. The van der Waals surface area contributed by atoms with E-state index in [1.165, 1.54) is 11.1 Å². The Morgan fingerprint density at radius 3 is 2.90 bits per heavy atom. The highest BCUT2D eigenvalue weighted by Crippen LogP contribution is 2.31. The van der Waals surface area contributed by atoms with Crippen LogP contribution in [0.5, 0.6) is 0 Å². The van der Waals surface area contributed by atoms with E-state index in [0.717, 1.165) is 24.2 Å². The second-order valence-corrected chi connectivity index (χ2v) is 5.14. The minimum atomic E-state index is -0.0212. The average Bonchev–Trinajstić information content (AvgIpc) is 2.76. The lowest BCUT2D eigenvalue weighted by Gasteiger charge is -2.20. The smallest absolute Gasteiger partial charge is 0.221 e. The van der Waals surface area contributed by atoms with Crippen molar-refractivity contribution >= 4 is 11.8 Å². The number of fused-ring (bicyclic) bond motifs is 1. The summed E-state index contributed by atoms with van der Waals surface area (Å²) in [6, 6.07) is 8.43. The van der Waals surface area contributed by atoms with Gasteiger partial charge in [-0.2, -0.15) is 4.98 Å². The van der Waals surface area contributed by atoms with E-state index in [0.29, 0.717) is 0 Å². The quantitative estimate of drug-likeness (QED) is 0.788. The van der Waals surface area contributed by atoms with Crippen LogP contribution in [0.2, 0.25) is 0 Å². The van der Waals surface area contributed by atoms with Crippen molar-refractivity contribution < 1.29 is 0 Å². The predicted molar refractivity (Wildman–Crippen MR) is 80.3 cm³/mol. The lowest BCUT2D eigenvalue weighted by molar-refractivity contribution is 0.626. The first-order valence-electron chi connectivity index (χ1n) is 6.90. The van der Waals surface area contributed by atoms with Crippen LogP contribution in [0.15, 0.2) is 30.5 Å². The fraction of sp³-hybridized carbons (Fsp3) is 0.333. The molecule has 1 aromatic heterocycles. The highest BCUT2D eigenvalue weighted by Gasteiger charge is 2.29. The minimum Gasteiger partial charge on any atom is -0.368 e. The van der Waals surface area contributed by atoms with E-state index in [1.807, 2.05) is 12.1 Å². The molecule has 0 saturated carbocycles. The number of hydrogen-bond acceptors (Lipinski definition) is 5. The van der Waals surface area contributed by atoms with Crippen LogP contribution < -0.4 is 16.8 Å². The van der Waals surface area contributed by atoms with E-state index >= 15 is 0 Å². The molecule has 104 valence electrons. The predicted octanol–water partition coefficient (Wildman–Crippen LogP) is 1.66. The molecule has 1 aromatic carbocycles. The van der Waals surface area contributed by atoms with Crippen molar-refractivity contribution in [3.63, 3.8) is 0 Å². The maximum Gasteiger partial charge on any atom is 0.221 e. The third kappa shape index (κ3) is 2.20. The molecule has 0 radical (unpaired) electrons. The summed E-state index contributed by atoms with van der Waals surface area (Å²) >= 11 is 0. The van der Waals surface area contributed by atoms with Crippen molar-refractivity contribution in [1.29, 1.82) is 0 Å². The molecule has 1 heterocycles. The number of hydrogen-bond donors (Lipinski definition) is 3. The third-order valence-corrected chi connectivity index (χ3v) is 3.87. The molecule has 2 aromatic rings. The van der Waals surface area contributed by atoms with Gasteiger partial charge in [0.05, 0.1) is 12.1 Å². The van der Waals surface area contributed by atoms with Crippen molar-refractivity contribution in [2.24, 2.45) is 5.73 Å². The molecule has 0 spiro atoms. The Bertz CT molecular complexity index is 625. The van der Waals surface area contributed by atoms with Crippen LogP contribution in [-0.4, -0.2) is 16.0 Å². The molecule has 5 N–H and O–H groups in total. The summed E-state index contributed by atoms with van der Waals surface area (Å²) in [7, 11) is 0. The van der Waals surface area contributed by atoms with E-state index in [4.69, 9.17) is 11.5 Å². The molecule has 0 saturated heterocycles. The van der Waals surface area contributed by atoms with E-state index in [9.17, 15) is 0 Å². The molecule has 1 aliphatic rings. The van der Waals surface area contributed by atoms with E-state index < -0.39 is 0 Å². The Hall–Kier alpha value is -2.14. The lowest BCUT2D eigenvalue weighted by Crippen LogP contribution is -2.30. The van der Waals surface area contributed by atoms with Gasteiger partial charge in [0.2, 0.25) is 5.95 Å². The summed E-state index contributed by atoms with van der Waals surface area (Å²) in [5.41, 5.74) is 15.6. The molecule has 3 rings (SSSR count). The molecule has 0 fully saturated rings. The van der Waals surface area contributed by atoms with Gasteiger partial charge < -0.3 is 16.8 Å². The molecule has 5 heteroatoms. The number of anilines is 2. The van der Waals surface area contributed by atoms with E-state index in [-0.39, 0.29) is 18.0 Å². The van der Waals surface area contributed by atoms with Crippen molar-refractivity contribution in [1.82, 2.24) is 9.97 Å². The number of benzene rings is 1. The number of aryl methyl sites for hydroxylation is 1. The normalized spacial score (nSPS) is 20.7. The molecule has 0 aliphatic heterocycles. The first kappa shape index (κ1) is 12.9. The van der Waals surface area contributed by atoms with E-state index in [2.05, 4.69) is 34.3 Å². The Labute approximate surface area is 118 Å². The average molecular weight is 269 g/mol. The molecular weight excluding hydrogens is 250 g/mol. The zero-order valence-electron chi connectivity index (χ0n) is 11.5. The van der Waals surface area contributed by atoms with Crippen LogP contribution in [0, 0.1) is 0 Å². The number of nitrogens with one attached hydrogen (secondary N) is 1. The molecular formula is C15H19N5. The zero-order valence-corrected chi connectivity index (χ0v) is 11.5. The Morgan fingerprint density at radius 1 is 1.35 bits per heavy atom. The van der Waals surface area contributed by atoms with Gasteiger partial charge in [-0.25, -0.2) is 4.98 Å². The minimum absolute atomic E-state index is 0.0212. The molecule has 0 amide bonds. The first-order chi connectivity index (χ1) is 9.69. The maximum atomic E-state index is 6.33. The van der Waals surface area contributed by atoms with Gasteiger partial charge in [-0.3, -0.25) is 0 Å². The third-order valence-electron chi connectivity index (χ3n) is 3.87. The Kier molecular flexibility index (Phi) is 3.28. The number of nitrogens with two attached hydrogens (primary N) is 2. The van der Waals surface area contributed by atoms with Gasteiger partial charge in [0.1, 0.15) is 5.82 Å². The Morgan fingerprint density at radius 2 is 2.15 bits per heavy atom. The summed E-state index contributed by atoms with van der Waals surface area (Å²) in [6.45, 7) is 2.07. The molecule has 5 nitrogen and oxygen atoms in total. The summed E-state index contributed by atoms with van der Waals surface area (Å²) in [5, 5.41) is 3.44. The standard InChI is InChI=1S/C15H19N5/c1-2-9-8-18-15(17)20-14(9)19-12-7-10-5-3-4-6-11(10)13(12)16/h3-6,8,12-13H,2,7,16H2,1H3,(H3,17,18,19,20)/t12-,13-/m0/s1. The summed E-state index contributed by atoms with van der Waals surface area (Å²) < 4.78 is 0. The first-order valence-corrected chi connectivity index (χ1v) is 6.90. The Balaban J connectivity index is 1.85. The van der Waals surface area contributed by atoms with Crippen LogP contribution in [0.25, 0.3) is 0 Å². The number of nitrogen functional groups attached to an aromatic ring is 1. The molecule has 2 atom stereocenters. The lowest BCUT2D eigenvalue weighted by atomic mass is 10.1. The zero-order chi connectivity index (χ0) is 14.1. The van der Waals surface area contributed by atoms with Crippen LogP contribution in [0.4, 0.5) is 11.8 Å². The largest absolute Gasteiger partial charge is 0.368 e. The van der Waals surface area contributed by atoms with Gasteiger partial charge in [0.25, 0.3) is 0 Å². The second-order valence-electron chi connectivity index (χ2n) is 5.14. The summed E-state index contributed by atoms with van der Waals surface area (Å²) in [6.07, 6.45) is 3.54. The van der Waals surface area contributed by atoms with Gasteiger partial charge in [-0.15, -0.1) is 0 Å². The van der Waals surface area contributed by atoms with Crippen molar-refractivity contribution in [3.05, 3.63) is 47.2 Å². The van der Waals surface area contributed by atoms with Crippen molar-refractivity contribution in [2.45, 2.75) is 31.8 Å². The number of aromatic nitrogens is 2. The fourth-order valence-electron chi connectivity index (χ4n) is 2.75. The van der Waals surface area contributed by atoms with Crippen molar-refractivity contribution in [2.75, 3.05) is 11.1 Å². The molecule has 1 aliphatic carbocycles. The van der Waals surface area contributed by atoms with E-state index in [1.54, 1.807) is 6.20 Å². The molecule has 20 heavy (non-hydrogen) atoms. The van der Waals surface area contributed by atoms with Crippen molar-refractivity contribution in [3.8, 4) is 0 Å². The van der Waals surface area contributed by atoms with Crippen LogP contribution in [-0.2, 0) is 12.8 Å². The van der Waals surface area contributed by atoms with Gasteiger partial charge >= 0.3 is 0 Å². The fourth-order valence-corrected chi connectivity index (χ4v) is 2.75. The van der Waals surface area contributed by atoms with Crippen LogP contribution in [0.1, 0.15) is 29.7 Å². The highest BCUT2D eigenvalue weighted by atomic mass is 15.1. The second kappa shape index (κ2) is 5.09. The SMILES string of the molecule is CCc1cnc(N)nc1N[C@H]1Cc2ccccc2[C@@H]1N. The monoisotopic (exact) mass is 269 g/mol. The molecule has 0 unspecified atom stereocenters. The van der Waals surface area contributed by atoms with Gasteiger partial charge in [0, 0.05) is 11.8 Å². The number of rotatable bonds is 3. The highest BCUT2D eigenvalue weighted by molar-refractivity contribution is 5.49.